The van der Waals surface area contributed by atoms with E-state index in [-0.39, 0.29) is 20.9 Å². The van der Waals surface area contributed by atoms with E-state index in [0.29, 0.717) is 11.1 Å². The number of hydrogen-bond donors (Lipinski definition) is 1. The second-order valence-corrected chi connectivity index (χ2v) is 8.30. The molecule has 3 aromatic rings. The molecule has 3 rings (SSSR count). The first-order valence-electron chi connectivity index (χ1n) is 8.58. The van der Waals surface area contributed by atoms with Gasteiger partial charge in [-0.2, -0.15) is 0 Å². The number of sulfone groups is 1. The Hall–Kier alpha value is -3.32. The summed E-state index contributed by atoms with van der Waals surface area (Å²) in [5, 5.41) is 0. The van der Waals surface area contributed by atoms with Gasteiger partial charge in [0.05, 0.1) is 15.4 Å². The lowest BCUT2D eigenvalue weighted by Gasteiger charge is -2.10. The lowest BCUT2D eigenvalue weighted by atomic mass is 10.1. The molecule has 0 atom stereocenters. The van der Waals surface area contributed by atoms with E-state index in [4.69, 9.17) is 5.73 Å². The fraction of sp³-hybridized carbons (Fsp3) is 0.0455. The van der Waals surface area contributed by atoms with E-state index in [1.165, 1.54) is 48.5 Å². The topological polar surface area (TPSA) is 77.2 Å². The molecule has 4 nitrogen and oxygen atoms in total. The van der Waals surface area contributed by atoms with E-state index in [0.717, 1.165) is 12.1 Å². The number of carbonyl (C=O) groups excluding carboxylic acids is 1. The van der Waals surface area contributed by atoms with Crippen molar-refractivity contribution in [3.8, 4) is 0 Å². The van der Waals surface area contributed by atoms with Crippen molar-refractivity contribution in [3.63, 3.8) is 0 Å². The van der Waals surface area contributed by atoms with Crippen molar-refractivity contribution in [1.82, 2.24) is 0 Å². The summed E-state index contributed by atoms with van der Waals surface area (Å²) in [5.74, 6) is -2.19. The molecule has 0 aliphatic rings. The van der Waals surface area contributed by atoms with Crippen LogP contribution in [0.5, 0.6) is 0 Å². The minimum absolute atomic E-state index is 0.00816. The molecule has 7 heteroatoms. The minimum atomic E-state index is -3.96. The van der Waals surface area contributed by atoms with Gasteiger partial charge in [0.25, 0.3) is 0 Å². The van der Waals surface area contributed by atoms with Crippen molar-refractivity contribution in [2.45, 2.75) is 16.7 Å². The van der Waals surface area contributed by atoms with Crippen LogP contribution in [0.4, 0.5) is 8.78 Å². The minimum Gasteiger partial charge on any atom is -0.366 e. The number of rotatable bonds is 5. The Morgan fingerprint density at radius 3 is 2.24 bits per heavy atom. The van der Waals surface area contributed by atoms with Gasteiger partial charge in [-0.05, 0) is 54.4 Å². The maximum atomic E-state index is 13.8. The van der Waals surface area contributed by atoms with E-state index in [1.54, 1.807) is 19.1 Å². The van der Waals surface area contributed by atoms with Gasteiger partial charge in [-0.1, -0.05) is 30.4 Å². The largest absolute Gasteiger partial charge is 0.366 e. The Morgan fingerprint density at radius 1 is 0.931 bits per heavy atom. The smallest absolute Gasteiger partial charge is 0.250 e. The summed E-state index contributed by atoms with van der Waals surface area (Å²) in [7, 11) is -3.96. The van der Waals surface area contributed by atoms with Crippen LogP contribution in [0.3, 0.4) is 0 Å². The number of halogens is 2. The lowest BCUT2D eigenvalue weighted by molar-refractivity contribution is 0.0997. The van der Waals surface area contributed by atoms with Crippen LogP contribution in [-0.4, -0.2) is 14.3 Å². The highest BCUT2D eigenvalue weighted by Gasteiger charge is 2.23. The summed E-state index contributed by atoms with van der Waals surface area (Å²) in [5.41, 5.74) is 6.71. The second kappa shape index (κ2) is 7.97. The van der Waals surface area contributed by atoms with E-state index in [1.807, 2.05) is 0 Å². The van der Waals surface area contributed by atoms with E-state index in [9.17, 15) is 22.0 Å². The van der Waals surface area contributed by atoms with Crippen LogP contribution in [0.15, 0.2) is 70.5 Å². The Labute approximate surface area is 167 Å². The average molecular weight is 413 g/mol. The number of amides is 1. The van der Waals surface area contributed by atoms with Crippen LogP contribution >= 0.6 is 0 Å². The van der Waals surface area contributed by atoms with Crippen LogP contribution in [-0.2, 0) is 9.84 Å². The van der Waals surface area contributed by atoms with E-state index < -0.39 is 27.4 Å². The summed E-state index contributed by atoms with van der Waals surface area (Å²) < 4.78 is 52.7. The highest BCUT2D eigenvalue weighted by molar-refractivity contribution is 7.91. The van der Waals surface area contributed by atoms with E-state index >= 15 is 0 Å². The first-order valence-corrected chi connectivity index (χ1v) is 10.1. The van der Waals surface area contributed by atoms with Crippen LogP contribution < -0.4 is 5.73 Å². The van der Waals surface area contributed by atoms with Crippen molar-refractivity contribution < 1.29 is 22.0 Å². The molecule has 0 aliphatic heterocycles. The molecule has 0 bridgehead atoms. The molecule has 1 amide bonds. The molecule has 29 heavy (non-hydrogen) atoms. The van der Waals surface area contributed by atoms with Gasteiger partial charge in [0, 0.05) is 11.6 Å². The third kappa shape index (κ3) is 4.25. The zero-order valence-electron chi connectivity index (χ0n) is 15.4. The first-order chi connectivity index (χ1) is 13.7. The predicted molar refractivity (Wildman–Crippen MR) is 107 cm³/mol. The Kier molecular flexibility index (Phi) is 5.61. The fourth-order valence-corrected chi connectivity index (χ4v) is 4.40. The number of hydrogen-bond acceptors (Lipinski definition) is 3. The van der Waals surface area contributed by atoms with Gasteiger partial charge in [-0.3, -0.25) is 4.79 Å². The van der Waals surface area contributed by atoms with Gasteiger partial charge < -0.3 is 5.73 Å². The van der Waals surface area contributed by atoms with Crippen LogP contribution in [0.25, 0.3) is 12.2 Å². The number of aryl methyl sites for hydroxylation is 1. The zero-order valence-corrected chi connectivity index (χ0v) is 16.2. The number of carbonyl (C=O) groups is 1. The maximum Gasteiger partial charge on any atom is 0.250 e. The zero-order chi connectivity index (χ0) is 21.2. The number of benzene rings is 3. The van der Waals surface area contributed by atoms with Gasteiger partial charge in [-0.25, -0.2) is 17.2 Å². The Balaban J connectivity index is 1.97. The molecule has 3 aromatic carbocycles. The standard InChI is InChI=1S/C22H17F2NO3S/c1-14-12-18(29(27,28)21-5-3-2-4-19(21)22(25)26)11-9-15(14)6-7-16-8-10-17(23)13-20(16)24/h2-13H,1H3,(H2,25,26). The van der Waals surface area contributed by atoms with Crippen molar-refractivity contribution in [2.75, 3.05) is 0 Å². The van der Waals surface area contributed by atoms with Gasteiger partial charge in [0.2, 0.25) is 15.7 Å². The molecular formula is C22H17F2NO3S. The molecule has 2 N–H and O–H groups in total. The van der Waals surface area contributed by atoms with Gasteiger partial charge in [0.15, 0.2) is 0 Å². The lowest BCUT2D eigenvalue weighted by Crippen LogP contribution is -2.16. The Morgan fingerprint density at radius 2 is 1.59 bits per heavy atom. The molecule has 0 saturated carbocycles. The van der Waals surface area contributed by atoms with Crippen molar-refractivity contribution in [2.24, 2.45) is 5.73 Å². The van der Waals surface area contributed by atoms with Crippen molar-refractivity contribution in [1.29, 1.82) is 0 Å². The summed E-state index contributed by atoms with van der Waals surface area (Å²) >= 11 is 0. The van der Waals surface area contributed by atoms with Gasteiger partial charge in [0.1, 0.15) is 11.6 Å². The summed E-state index contributed by atoms with van der Waals surface area (Å²) in [6.07, 6.45) is 3.09. The average Bonchev–Trinajstić information content (AvgIpc) is 2.68. The summed E-state index contributed by atoms with van der Waals surface area (Å²) in [6.45, 7) is 1.71. The molecule has 0 radical (unpaired) electrons. The molecule has 148 valence electrons. The maximum absolute atomic E-state index is 13.8. The number of primary amides is 1. The highest BCUT2D eigenvalue weighted by atomic mass is 32.2. The molecular weight excluding hydrogens is 396 g/mol. The quantitative estimate of drug-likeness (QED) is 0.631. The summed E-state index contributed by atoms with van der Waals surface area (Å²) in [6, 6.07) is 13.4. The van der Waals surface area contributed by atoms with Crippen LogP contribution in [0.1, 0.15) is 27.0 Å². The predicted octanol–water partition coefficient (Wildman–Crippen LogP) is 4.38. The van der Waals surface area contributed by atoms with Gasteiger partial charge in [-0.15, -0.1) is 0 Å². The van der Waals surface area contributed by atoms with Crippen LogP contribution in [0, 0.1) is 18.6 Å². The third-order valence-corrected chi connectivity index (χ3v) is 6.21. The molecule has 0 heterocycles. The third-order valence-electron chi connectivity index (χ3n) is 4.40. The Bertz CT molecular complexity index is 1230. The molecule has 0 unspecified atom stereocenters. The highest BCUT2D eigenvalue weighted by Crippen LogP contribution is 2.26. The van der Waals surface area contributed by atoms with Crippen molar-refractivity contribution in [3.05, 3.63) is 94.6 Å². The normalized spacial score (nSPS) is 11.7. The SMILES string of the molecule is Cc1cc(S(=O)(=O)c2ccccc2C(N)=O)ccc1C=Cc1ccc(F)cc1F. The monoisotopic (exact) mass is 413 g/mol. The second-order valence-electron chi connectivity index (χ2n) is 6.38. The first kappa shape index (κ1) is 20.4. The number of nitrogens with two attached hydrogens (primary N) is 1. The van der Waals surface area contributed by atoms with Gasteiger partial charge >= 0.3 is 0 Å². The fourth-order valence-electron chi connectivity index (χ4n) is 2.85. The van der Waals surface area contributed by atoms with Crippen molar-refractivity contribution >= 4 is 27.9 Å². The summed E-state index contributed by atoms with van der Waals surface area (Å²) in [4.78, 5) is 11.4. The molecule has 0 saturated heterocycles. The van der Waals surface area contributed by atoms with E-state index in [2.05, 4.69) is 0 Å². The molecule has 0 fully saturated rings. The molecule has 0 aliphatic carbocycles. The molecule has 0 aromatic heterocycles. The van der Waals surface area contributed by atoms with Crippen LogP contribution in [0.2, 0.25) is 0 Å². The molecule has 0 spiro atoms.